The van der Waals surface area contributed by atoms with Crippen LogP contribution in [0.25, 0.3) is 0 Å². The fourth-order valence-electron chi connectivity index (χ4n) is 2.43. The standard InChI is InChI=1S/C12H17N3O3/c16-11(13-5-8-6-14-15-7-8)9-3-1-2-4-10(9)12(17)18/h6-7,9-10H,1-5H2,(H,13,16)(H,14,15)(H,17,18). The Bertz CT molecular complexity index is 416. The summed E-state index contributed by atoms with van der Waals surface area (Å²) in [6, 6.07) is 0. The molecular formula is C12H17N3O3. The summed E-state index contributed by atoms with van der Waals surface area (Å²) in [5.74, 6) is -1.97. The lowest BCUT2D eigenvalue weighted by Crippen LogP contribution is -2.39. The van der Waals surface area contributed by atoms with Crippen molar-refractivity contribution >= 4 is 11.9 Å². The van der Waals surface area contributed by atoms with Gasteiger partial charge in [0, 0.05) is 18.3 Å². The van der Waals surface area contributed by atoms with Crippen molar-refractivity contribution in [2.75, 3.05) is 0 Å². The molecule has 1 heterocycles. The Kier molecular flexibility index (Phi) is 3.96. The lowest BCUT2D eigenvalue weighted by molar-refractivity contribution is -0.148. The summed E-state index contributed by atoms with van der Waals surface area (Å²) < 4.78 is 0. The lowest BCUT2D eigenvalue weighted by Gasteiger charge is -2.27. The van der Waals surface area contributed by atoms with E-state index in [1.165, 1.54) is 0 Å². The van der Waals surface area contributed by atoms with Crippen LogP contribution in [0.2, 0.25) is 0 Å². The van der Waals surface area contributed by atoms with E-state index in [0.717, 1.165) is 18.4 Å². The molecule has 2 atom stereocenters. The van der Waals surface area contributed by atoms with Crippen LogP contribution in [0.5, 0.6) is 0 Å². The molecule has 0 aromatic carbocycles. The Balaban J connectivity index is 1.92. The molecule has 1 amide bonds. The van der Waals surface area contributed by atoms with Gasteiger partial charge in [0.15, 0.2) is 0 Å². The second-order valence-corrected chi connectivity index (χ2v) is 4.66. The van der Waals surface area contributed by atoms with Crippen LogP contribution in [0.15, 0.2) is 12.4 Å². The van der Waals surface area contributed by atoms with Crippen LogP contribution < -0.4 is 5.32 Å². The SMILES string of the molecule is O=C(O)C1CCCCC1C(=O)NCc1cn[nH]c1. The highest BCUT2D eigenvalue weighted by Gasteiger charge is 2.35. The topological polar surface area (TPSA) is 95.1 Å². The van der Waals surface area contributed by atoms with Gasteiger partial charge in [0.2, 0.25) is 5.91 Å². The summed E-state index contributed by atoms with van der Waals surface area (Å²) in [6.45, 7) is 0.387. The maximum atomic E-state index is 12.0. The molecule has 1 saturated carbocycles. The third-order valence-electron chi connectivity index (χ3n) is 3.44. The number of aromatic amines is 1. The van der Waals surface area contributed by atoms with Gasteiger partial charge in [0.25, 0.3) is 0 Å². The minimum absolute atomic E-state index is 0.164. The van der Waals surface area contributed by atoms with Crippen molar-refractivity contribution in [2.45, 2.75) is 32.2 Å². The molecule has 0 spiro atoms. The Morgan fingerprint density at radius 2 is 2.11 bits per heavy atom. The summed E-state index contributed by atoms with van der Waals surface area (Å²) in [7, 11) is 0. The fourth-order valence-corrected chi connectivity index (χ4v) is 2.43. The number of amides is 1. The highest BCUT2D eigenvalue weighted by Crippen LogP contribution is 2.30. The zero-order valence-corrected chi connectivity index (χ0v) is 10.1. The van der Waals surface area contributed by atoms with Crippen LogP contribution >= 0.6 is 0 Å². The Hall–Kier alpha value is -1.85. The summed E-state index contributed by atoms with van der Waals surface area (Å²) in [5.41, 5.74) is 0.881. The van der Waals surface area contributed by atoms with E-state index in [-0.39, 0.29) is 5.91 Å². The highest BCUT2D eigenvalue weighted by molar-refractivity contribution is 5.84. The maximum Gasteiger partial charge on any atom is 0.307 e. The predicted molar refractivity (Wildman–Crippen MR) is 63.5 cm³/mol. The lowest BCUT2D eigenvalue weighted by atomic mass is 9.78. The number of hydrogen-bond acceptors (Lipinski definition) is 3. The smallest absolute Gasteiger partial charge is 0.307 e. The molecule has 1 aliphatic carbocycles. The first-order valence-electron chi connectivity index (χ1n) is 6.16. The molecule has 1 aromatic heterocycles. The second kappa shape index (κ2) is 5.66. The molecule has 1 aliphatic rings. The van der Waals surface area contributed by atoms with E-state index in [4.69, 9.17) is 5.11 Å². The number of rotatable bonds is 4. The summed E-state index contributed by atoms with van der Waals surface area (Å²) >= 11 is 0. The summed E-state index contributed by atoms with van der Waals surface area (Å²) in [6.07, 6.45) is 6.41. The quantitative estimate of drug-likeness (QED) is 0.741. The van der Waals surface area contributed by atoms with E-state index in [1.807, 2.05) is 0 Å². The van der Waals surface area contributed by atoms with Crippen molar-refractivity contribution in [2.24, 2.45) is 11.8 Å². The van der Waals surface area contributed by atoms with Crippen LogP contribution in [0.1, 0.15) is 31.2 Å². The number of carbonyl (C=O) groups excluding carboxylic acids is 1. The van der Waals surface area contributed by atoms with Crippen molar-refractivity contribution in [3.63, 3.8) is 0 Å². The van der Waals surface area contributed by atoms with Crippen LogP contribution in [0.3, 0.4) is 0 Å². The molecule has 2 rings (SSSR count). The average Bonchev–Trinajstić information content (AvgIpc) is 2.89. The van der Waals surface area contributed by atoms with E-state index >= 15 is 0 Å². The van der Waals surface area contributed by atoms with Gasteiger partial charge in [0.1, 0.15) is 0 Å². The number of aliphatic carboxylic acids is 1. The minimum Gasteiger partial charge on any atom is -0.481 e. The largest absolute Gasteiger partial charge is 0.481 e. The first kappa shape index (κ1) is 12.6. The van der Waals surface area contributed by atoms with E-state index in [1.54, 1.807) is 12.4 Å². The van der Waals surface area contributed by atoms with Gasteiger partial charge in [-0.3, -0.25) is 14.7 Å². The molecule has 0 bridgehead atoms. The number of hydrogen-bond donors (Lipinski definition) is 3. The van der Waals surface area contributed by atoms with Gasteiger partial charge in [-0.05, 0) is 12.8 Å². The van der Waals surface area contributed by atoms with Gasteiger partial charge in [-0.15, -0.1) is 0 Å². The van der Waals surface area contributed by atoms with E-state index < -0.39 is 17.8 Å². The molecular weight excluding hydrogens is 234 g/mol. The van der Waals surface area contributed by atoms with Crippen LogP contribution in [-0.2, 0) is 16.1 Å². The van der Waals surface area contributed by atoms with Gasteiger partial charge >= 0.3 is 5.97 Å². The van der Waals surface area contributed by atoms with Crippen molar-refractivity contribution in [1.82, 2.24) is 15.5 Å². The minimum atomic E-state index is -0.863. The van der Waals surface area contributed by atoms with Gasteiger partial charge < -0.3 is 10.4 Å². The molecule has 98 valence electrons. The van der Waals surface area contributed by atoms with Crippen molar-refractivity contribution in [1.29, 1.82) is 0 Å². The molecule has 0 aliphatic heterocycles. The van der Waals surface area contributed by atoms with Gasteiger partial charge in [-0.25, -0.2) is 0 Å². The van der Waals surface area contributed by atoms with Crippen LogP contribution in [-0.4, -0.2) is 27.2 Å². The molecule has 1 aromatic rings. The zero-order chi connectivity index (χ0) is 13.0. The molecule has 6 heteroatoms. The van der Waals surface area contributed by atoms with Gasteiger partial charge in [0.05, 0.1) is 18.0 Å². The molecule has 18 heavy (non-hydrogen) atoms. The predicted octanol–water partition coefficient (Wildman–Crippen LogP) is 0.917. The number of carboxylic acids is 1. The first-order chi connectivity index (χ1) is 8.68. The Morgan fingerprint density at radius 1 is 1.39 bits per heavy atom. The van der Waals surface area contributed by atoms with E-state index in [2.05, 4.69) is 15.5 Å². The normalized spacial score (nSPS) is 23.6. The molecule has 3 N–H and O–H groups in total. The van der Waals surface area contributed by atoms with Crippen molar-refractivity contribution in [3.8, 4) is 0 Å². The zero-order valence-electron chi connectivity index (χ0n) is 10.1. The molecule has 6 nitrogen and oxygen atoms in total. The summed E-state index contributed by atoms with van der Waals surface area (Å²) in [4.78, 5) is 23.1. The van der Waals surface area contributed by atoms with Crippen molar-refractivity contribution in [3.05, 3.63) is 18.0 Å². The average molecular weight is 251 g/mol. The summed E-state index contributed by atoms with van der Waals surface area (Å²) in [5, 5.41) is 18.3. The van der Waals surface area contributed by atoms with E-state index in [0.29, 0.717) is 19.4 Å². The second-order valence-electron chi connectivity index (χ2n) is 4.66. The first-order valence-corrected chi connectivity index (χ1v) is 6.16. The van der Waals surface area contributed by atoms with Crippen LogP contribution in [0, 0.1) is 11.8 Å². The molecule has 0 radical (unpaired) electrons. The number of H-pyrrole nitrogens is 1. The Morgan fingerprint density at radius 3 is 2.72 bits per heavy atom. The number of nitrogens with zero attached hydrogens (tertiary/aromatic N) is 1. The Labute approximate surface area is 105 Å². The highest BCUT2D eigenvalue weighted by atomic mass is 16.4. The van der Waals surface area contributed by atoms with Gasteiger partial charge in [-0.1, -0.05) is 12.8 Å². The molecule has 1 fully saturated rings. The fraction of sp³-hybridized carbons (Fsp3) is 0.583. The third-order valence-corrected chi connectivity index (χ3v) is 3.44. The number of nitrogens with one attached hydrogen (secondary N) is 2. The van der Waals surface area contributed by atoms with Gasteiger partial charge in [-0.2, -0.15) is 5.10 Å². The van der Waals surface area contributed by atoms with Crippen LogP contribution in [0.4, 0.5) is 0 Å². The number of carboxylic acid groups (broad SMARTS) is 1. The molecule has 0 saturated heterocycles. The molecule has 2 unspecified atom stereocenters. The van der Waals surface area contributed by atoms with Crippen molar-refractivity contribution < 1.29 is 14.7 Å². The van der Waals surface area contributed by atoms with E-state index in [9.17, 15) is 9.59 Å². The third kappa shape index (κ3) is 2.88. The maximum absolute atomic E-state index is 12.0. The number of aromatic nitrogens is 2. The number of carbonyl (C=O) groups is 2. The monoisotopic (exact) mass is 251 g/mol.